The normalized spacial score (nSPS) is 11.2. The molecule has 0 heterocycles. The van der Waals surface area contributed by atoms with Crippen LogP contribution in [0.5, 0.6) is 11.5 Å². The molecule has 0 atom stereocenters. The molecular formula is C21H26N2O3. The Morgan fingerprint density at radius 3 is 2.08 bits per heavy atom. The number of nitrogens with zero attached hydrogens (tertiary/aromatic N) is 2. The zero-order chi connectivity index (χ0) is 19.1. The molecule has 0 aliphatic rings. The minimum Gasteiger partial charge on any atom is -0.497 e. The maximum absolute atomic E-state index is 12.8. The quantitative estimate of drug-likeness (QED) is 0.696. The van der Waals surface area contributed by atoms with Crippen molar-refractivity contribution < 1.29 is 14.3 Å². The Morgan fingerprint density at radius 1 is 0.962 bits per heavy atom. The van der Waals surface area contributed by atoms with Crippen molar-refractivity contribution in [2.45, 2.75) is 20.8 Å². The molecule has 0 aromatic heterocycles. The number of rotatable bonds is 7. The number of hydrogen-bond donors (Lipinski definition) is 0. The van der Waals surface area contributed by atoms with Crippen LogP contribution in [-0.2, 0) is 0 Å². The van der Waals surface area contributed by atoms with Gasteiger partial charge in [0.1, 0.15) is 11.5 Å². The number of hydrogen-bond acceptors (Lipinski definition) is 4. The van der Waals surface area contributed by atoms with Gasteiger partial charge in [-0.05, 0) is 62.7 Å². The van der Waals surface area contributed by atoms with Gasteiger partial charge in [0.05, 0.1) is 25.5 Å². The van der Waals surface area contributed by atoms with E-state index >= 15 is 0 Å². The zero-order valence-electron chi connectivity index (χ0n) is 16.1. The van der Waals surface area contributed by atoms with Gasteiger partial charge in [0.15, 0.2) is 0 Å². The number of amides is 1. The first-order chi connectivity index (χ1) is 12.5. The number of ether oxygens (including phenoxy) is 2. The van der Waals surface area contributed by atoms with E-state index in [0.29, 0.717) is 30.1 Å². The Morgan fingerprint density at radius 2 is 1.54 bits per heavy atom. The molecule has 0 radical (unpaired) electrons. The third kappa shape index (κ3) is 4.42. The summed E-state index contributed by atoms with van der Waals surface area (Å²) in [6.45, 7) is 7.17. The first kappa shape index (κ1) is 19.5. The molecule has 1 amide bonds. The minimum absolute atomic E-state index is 0.0288. The van der Waals surface area contributed by atoms with Gasteiger partial charge in [0.2, 0.25) is 0 Å². The maximum atomic E-state index is 12.8. The van der Waals surface area contributed by atoms with Gasteiger partial charge < -0.3 is 14.4 Å². The smallest absolute Gasteiger partial charge is 0.256 e. The Kier molecular flexibility index (Phi) is 6.78. The zero-order valence-corrected chi connectivity index (χ0v) is 16.1. The van der Waals surface area contributed by atoms with Gasteiger partial charge in [-0.15, -0.1) is 0 Å². The Balaban J connectivity index is 2.46. The Labute approximate surface area is 155 Å². The molecule has 26 heavy (non-hydrogen) atoms. The standard InChI is InChI=1S/C21H26N2O3/c1-6-23(7-2)21(24)19-13-12-18(26-5)14-20(19)22-15(3)16-8-10-17(25-4)11-9-16/h8-14H,6-7H2,1-5H3. The van der Waals surface area contributed by atoms with Crippen LogP contribution in [0.25, 0.3) is 0 Å². The summed E-state index contributed by atoms with van der Waals surface area (Å²) in [6, 6.07) is 13.0. The molecule has 2 aromatic carbocycles. The maximum Gasteiger partial charge on any atom is 0.256 e. The van der Waals surface area contributed by atoms with Gasteiger partial charge in [0, 0.05) is 24.9 Å². The van der Waals surface area contributed by atoms with E-state index in [1.165, 1.54) is 0 Å². The van der Waals surface area contributed by atoms with Crippen LogP contribution in [0.1, 0.15) is 36.7 Å². The molecule has 2 aromatic rings. The number of carbonyl (C=O) groups excluding carboxylic acids is 1. The third-order valence-electron chi connectivity index (χ3n) is 4.28. The number of aliphatic imine (C=N–C) groups is 1. The average Bonchev–Trinajstić information content (AvgIpc) is 2.68. The van der Waals surface area contributed by atoms with Crippen LogP contribution in [-0.4, -0.2) is 43.8 Å². The average molecular weight is 354 g/mol. The fourth-order valence-electron chi connectivity index (χ4n) is 2.67. The van der Waals surface area contributed by atoms with E-state index < -0.39 is 0 Å². The summed E-state index contributed by atoms with van der Waals surface area (Å²) in [7, 11) is 3.24. The topological polar surface area (TPSA) is 51.1 Å². The second-order valence-corrected chi connectivity index (χ2v) is 5.79. The molecule has 0 saturated carbocycles. The highest BCUT2D eigenvalue weighted by Crippen LogP contribution is 2.27. The SMILES string of the molecule is CCN(CC)C(=O)c1ccc(OC)cc1N=C(C)c1ccc(OC)cc1. The summed E-state index contributed by atoms with van der Waals surface area (Å²) in [5.74, 6) is 1.43. The second kappa shape index (κ2) is 9.04. The number of carbonyl (C=O) groups is 1. The summed E-state index contributed by atoms with van der Waals surface area (Å²) < 4.78 is 10.5. The molecule has 2 rings (SSSR count). The van der Waals surface area contributed by atoms with E-state index in [1.54, 1.807) is 37.3 Å². The van der Waals surface area contributed by atoms with Gasteiger partial charge in [-0.3, -0.25) is 9.79 Å². The minimum atomic E-state index is -0.0288. The Hall–Kier alpha value is -2.82. The van der Waals surface area contributed by atoms with Gasteiger partial charge in [-0.25, -0.2) is 0 Å². The summed E-state index contributed by atoms with van der Waals surface area (Å²) in [6.07, 6.45) is 0. The molecule has 138 valence electrons. The van der Waals surface area contributed by atoms with Crippen molar-refractivity contribution in [3.05, 3.63) is 53.6 Å². The molecular weight excluding hydrogens is 328 g/mol. The third-order valence-corrected chi connectivity index (χ3v) is 4.28. The summed E-state index contributed by atoms with van der Waals surface area (Å²) >= 11 is 0. The summed E-state index contributed by atoms with van der Waals surface area (Å²) in [5, 5.41) is 0. The lowest BCUT2D eigenvalue weighted by molar-refractivity contribution is 0.0774. The lowest BCUT2D eigenvalue weighted by atomic mass is 10.1. The Bertz CT molecular complexity index is 778. The number of methoxy groups -OCH3 is 2. The van der Waals surface area contributed by atoms with E-state index in [2.05, 4.69) is 0 Å². The highest BCUT2D eigenvalue weighted by atomic mass is 16.5. The van der Waals surface area contributed by atoms with Crippen molar-refractivity contribution in [3.63, 3.8) is 0 Å². The molecule has 0 fully saturated rings. The van der Waals surface area contributed by atoms with Crippen LogP contribution in [0.4, 0.5) is 5.69 Å². The van der Waals surface area contributed by atoms with Gasteiger partial charge in [0.25, 0.3) is 5.91 Å². The van der Waals surface area contributed by atoms with Crippen LogP contribution in [0, 0.1) is 0 Å². The van der Waals surface area contributed by atoms with Crippen LogP contribution in [0.15, 0.2) is 47.5 Å². The highest BCUT2D eigenvalue weighted by Gasteiger charge is 2.17. The lowest BCUT2D eigenvalue weighted by Crippen LogP contribution is -2.30. The van der Waals surface area contributed by atoms with Crippen molar-refractivity contribution in [3.8, 4) is 11.5 Å². The van der Waals surface area contributed by atoms with Crippen LogP contribution < -0.4 is 9.47 Å². The molecule has 0 aliphatic heterocycles. The van der Waals surface area contributed by atoms with E-state index in [4.69, 9.17) is 14.5 Å². The van der Waals surface area contributed by atoms with Gasteiger partial charge in [-0.1, -0.05) is 0 Å². The van der Waals surface area contributed by atoms with Crippen molar-refractivity contribution >= 4 is 17.3 Å². The fourth-order valence-corrected chi connectivity index (χ4v) is 2.67. The molecule has 5 nitrogen and oxygen atoms in total. The molecule has 0 saturated heterocycles. The molecule has 0 N–H and O–H groups in total. The molecule has 5 heteroatoms. The second-order valence-electron chi connectivity index (χ2n) is 5.79. The van der Waals surface area contributed by atoms with Gasteiger partial charge >= 0.3 is 0 Å². The monoisotopic (exact) mass is 354 g/mol. The predicted molar refractivity (Wildman–Crippen MR) is 105 cm³/mol. The highest BCUT2D eigenvalue weighted by molar-refractivity contribution is 6.04. The molecule has 0 bridgehead atoms. The van der Waals surface area contributed by atoms with Crippen LogP contribution in [0.3, 0.4) is 0 Å². The fraction of sp³-hybridized carbons (Fsp3) is 0.333. The molecule has 0 spiro atoms. The number of benzene rings is 2. The first-order valence-electron chi connectivity index (χ1n) is 8.71. The summed E-state index contributed by atoms with van der Waals surface area (Å²) in [4.78, 5) is 19.3. The van der Waals surface area contributed by atoms with Crippen molar-refractivity contribution in [1.82, 2.24) is 4.90 Å². The van der Waals surface area contributed by atoms with Gasteiger partial charge in [-0.2, -0.15) is 0 Å². The van der Waals surface area contributed by atoms with E-state index in [9.17, 15) is 4.79 Å². The van der Waals surface area contributed by atoms with E-state index in [0.717, 1.165) is 17.0 Å². The summed E-state index contributed by atoms with van der Waals surface area (Å²) in [5.41, 5.74) is 2.96. The van der Waals surface area contributed by atoms with Crippen LogP contribution >= 0.6 is 0 Å². The first-order valence-corrected chi connectivity index (χ1v) is 8.71. The predicted octanol–water partition coefficient (Wildman–Crippen LogP) is 4.33. The van der Waals surface area contributed by atoms with E-state index in [-0.39, 0.29) is 5.91 Å². The van der Waals surface area contributed by atoms with Crippen molar-refractivity contribution in [1.29, 1.82) is 0 Å². The van der Waals surface area contributed by atoms with Crippen molar-refractivity contribution in [2.24, 2.45) is 4.99 Å². The van der Waals surface area contributed by atoms with Crippen LogP contribution in [0.2, 0.25) is 0 Å². The molecule has 0 unspecified atom stereocenters. The van der Waals surface area contributed by atoms with Crippen molar-refractivity contribution in [2.75, 3.05) is 27.3 Å². The molecule has 0 aliphatic carbocycles. The van der Waals surface area contributed by atoms with E-state index in [1.807, 2.05) is 45.0 Å². The largest absolute Gasteiger partial charge is 0.497 e. The lowest BCUT2D eigenvalue weighted by Gasteiger charge is -2.20.